The first-order valence-electron chi connectivity index (χ1n) is 9.40. The second-order valence-electron chi connectivity index (χ2n) is 6.46. The van der Waals surface area contributed by atoms with Gasteiger partial charge >= 0.3 is 0 Å². The topological polar surface area (TPSA) is 69.2 Å². The molecule has 0 saturated heterocycles. The Labute approximate surface area is 204 Å². The maximum absolute atomic E-state index is 12.0. The van der Waals surface area contributed by atoms with Crippen molar-refractivity contribution in [2.24, 2.45) is 5.10 Å². The third kappa shape index (κ3) is 6.88. The highest BCUT2D eigenvalue weighted by Gasteiger charge is 2.12. The number of hydrazone groups is 1. The Kier molecular flexibility index (Phi) is 8.79. The second-order valence-corrected chi connectivity index (χ2v) is 8.16. The minimum absolute atomic E-state index is 0.252. The third-order valence-electron chi connectivity index (χ3n) is 4.13. The van der Waals surface area contributed by atoms with Crippen LogP contribution in [0.5, 0.6) is 17.2 Å². The zero-order valence-electron chi connectivity index (χ0n) is 17.0. The van der Waals surface area contributed by atoms with Crippen LogP contribution in [0.2, 0.25) is 10.0 Å². The molecule has 0 aromatic heterocycles. The molecule has 0 unspecified atom stereocenters. The van der Waals surface area contributed by atoms with Crippen molar-refractivity contribution < 1.29 is 19.0 Å². The third-order valence-corrected chi connectivity index (χ3v) is 5.25. The van der Waals surface area contributed by atoms with E-state index in [4.69, 9.17) is 37.4 Å². The van der Waals surface area contributed by atoms with Gasteiger partial charge in [-0.3, -0.25) is 4.79 Å². The van der Waals surface area contributed by atoms with Gasteiger partial charge in [-0.25, -0.2) is 5.43 Å². The number of methoxy groups -OCH3 is 1. The lowest BCUT2D eigenvalue weighted by Gasteiger charge is -2.13. The predicted molar refractivity (Wildman–Crippen MR) is 129 cm³/mol. The SMILES string of the molecule is COc1cc(/C=N\NC(=O)COc2ccc(Cl)cc2Cl)cc(Br)c1OCc1ccccc1. The Bertz CT molecular complexity index is 1110. The van der Waals surface area contributed by atoms with Gasteiger partial charge in [0, 0.05) is 5.02 Å². The maximum Gasteiger partial charge on any atom is 0.277 e. The summed E-state index contributed by atoms with van der Waals surface area (Å²) in [5.41, 5.74) is 4.14. The van der Waals surface area contributed by atoms with Crippen LogP contribution in [-0.2, 0) is 11.4 Å². The summed E-state index contributed by atoms with van der Waals surface area (Å²) in [5, 5.41) is 4.76. The molecular weight excluding hydrogens is 519 g/mol. The molecule has 0 aliphatic carbocycles. The largest absolute Gasteiger partial charge is 0.493 e. The van der Waals surface area contributed by atoms with E-state index in [0.29, 0.717) is 43.9 Å². The number of ether oxygens (including phenoxy) is 3. The van der Waals surface area contributed by atoms with Crippen molar-refractivity contribution >= 4 is 51.3 Å². The molecule has 1 N–H and O–H groups in total. The van der Waals surface area contributed by atoms with Crippen LogP contribution in [0.3, 0.4) is 0 Å². The zero-order chi connectivity index (χ0) is 22.9. The number of hydrogen-bond acceptors (Lipinski definition) is 5. The van der Waals surface area contributed by atoms with Crippen LogP contribution in [0.1, 0.15) is 11.1 Å². The molecule has 3 rings (SSSR count). The predicted octanol–water partition coefficient (Wildman–Crippen LogP) is 5.87. The number of nitrogens with one attached hydrogen (secondary N) is 1. The average Bonchev–Trinajstić information content (AvgIpc) is 2.78. The number of halogens is 3. The number of amides is 1. The average molecular weight is 538 g/mol. The van der Waals surface area contributed by atoms with Gasteiger partial charge in [0.15, 0.2) is 18.1 Å². The Morgan fingerprint density at radius 1 is 1.06 bits per heavy atom. The van der Waals surface area contributed by atoms with E-state index in [-0.39, 0.29) is 6.61 Å². The van der Waals surface area contributed by atoms with Gasteiger partial charge in [-0.05, 0) is 57.4 Å². The van der Waals surface area contributed by atoms with E-state index >= 15 is 0 Å². The lowest BCUT2D eigenvalue weighted by Crippen LogP contribution is -2.24. The van der Waals surface area contributed by atoms with Gasteiger partial charge in [-0.15, -0.1) is 0 Å². The van der Waals surface area contributed by atoms with Gasteiger partial charge in [-0.1, -0.05) is 53.5 Å². The molecule has 3 aromatic rings. The molecule has 0 aliphatic heterocycles. The Morgan fingerprint density at radius 3 is 2.56 bits per heavy atom. The number of rotatable bonds is 9. The van der Waals surface area contributed by atoms with Crippen LogP contribution >= 0.6 is 39.1 Å². The molecule has 0 bridgehead atoms. The first-order chi connectivity index (χ1) is 15.5. The van der Waals surface area contributed by atoms with E-state index in [9.17, 15) is 4.79 Å². The fourth-order valence-corrected chi connectivity index (χ4v) is 3.67. The fourth-order valence-electron chi connectivity index (χ4n) is 2.63. The van der Waals surface area contributed by atoms with Crippen LogP contribution in [0.25, 0.3) is 0 Å². The maximum atomic E-state index is 12.0. The quantitative estimate of drug-likeness (QED) is 0.273. The Hall–Kier alpha value is -2.74. The van der Waals surface area contributed by atoms with Gasteiger partial charge in [0.2, 0.25) is 0 Å². The van der Waals surface area contributed by atoms with Gasteiger partial charge in [0.1, 0.15) is 12.4 Å². The zero-order valence-corrected chi connectivity index (χ0v) is 20.1. The van der Waals surface area contributed by atoms with E-state index in [1.165, 1.54) is 12.3 Å². The molecule has 3 aromatic carbocycles. The molecule has 0 saturated carbocycles. The van der Waals surface area contributed by atoms with Crippen LogP contribution in [-0.4, -0.2) is 25.8 Å². The van der Waals surface area contributed by atoms with Gasteiger partial charge in [-0.2, -0.15) is 5.10 Å². The highest BCUT2D eigenvalue weighted by atomic mass is 79.9. The van der Waals surface area contributed by atoms with Crippen molar-refractivity contribution in [3.63, 3.8) is 0 Å². The molecule has 0 fully saturated rings. The first kappa shape index (κ1) is 23.9. The van der Waals surface area contributed by atoms with Crippen LogP contribution < -0.4 is 19.6 Å². The molecule has 166 valence electrons. The minimum atomic E-state index is -0.443. The summed E-state index contributed by atoms with van der Waals surface area (Å²) in [6, 6.07) is 18.1. The van der Waals surface area contributed by atoms with E-state index in [0.717, 1.165) is 5.56 Å². The van der Waals surface area contributed by atoms with E-state index in [1.54, 1.807) is 25.3 Å². The van der Waals surface area contributed by atoms with Crippen molar-refractivity contribution in [3.8, 4) is 17.2 Å². The molecular formula is C23H19BrCl2N2O4. The van der Waals surface area contributed by atoms with Crippen molar-refractivity contribution in [2.45, 2.75) is 6.61 Å². The number of benzene rings is 3. The fraction of sp³-hybridized carbons (Fsp3) is 0.130. The van der Waals surface area contributed by atoms with Gasteiger partial charge in [0.05, 0.1) is 22.8 Å². The summed E-state index contributed by atoms with van der Waals surface area (Å²) in [7, 11) is 1.55. The summed E-state index contributed by atoms with van der Waals surface area (Å²) in [6.45, 7) is 0.148. The molecule has 0 heterocycles. The molecule has 1 amide bonds. The Morgan fingerprint density at radius 2 is 1.84 bits per heavy atom. The van der Waals surface area contributed by atoms with Crippen molar-refractivity contribution in [1.29, 1.82) is 0 Å². The number of nitrogens with zero attached hydrogens (tertiary/aromatic N) is 1. The van der Waals surface area contributed by atoms with Crippen LogP contribution in [0.4, 0.5) is 0 Å². The lowest BCUT2D eigenvalue weighted by atomic mass is 10.2. The monoisotopic (exact) mass is 536 g/mol. The van der Waals surface area contributed by atoms with Crippen molar-refractivity contribution in [1.82, 2.24) is 5.43 Å². The molecule has 0 radical (unpaired) electrons. The van der Waals surface area contributed by atoms with E-state index in [1.807, 2.05) is 36.4 Å². The van der Waals surface area contributed by atoms with Crippen LogP contribution in [0.15, 0.2) is 70.2 Å². The summed E-state index contributed by atoms with van der Waals surface area (Å²) < 4.78 is 17.4. The van der Waals surface area contributed by atoms with E-state index in [2.05, 4.69) is 26.5 Å². The van der Waals surface area contributed by atoms with E-state index < -0.39 is 5.91 Å². The standard InChI is InChI=1S/C23H19BrCl2N2O4/c1-30-21-10-16(9-18(24)23(21)32-13-15-5-3-2-4-6-15)12-27-28-22(29)14-31-20-8-7-17(25)11-19(20)26/h2-12H,13-14H2,1H3,(H,28,29)/b27-12-. The molecule has 0 spiro atoms. The number of carbonyl (C=O) groups excluding carboxylic acids is 1. The number of hydrogen-bond donors (Lipinski definition) is 1. The Balaban J connectivity index is 1.57. The molecule has 9 heteroatoms. The van der Waals surface area contributed by atoms with Crippen molar-refractivity contribution in [2.75, 3.05) is 13.7 Å². The summed E-state index contributed by atoms with van der Waals surface area (Å²) in [4.78, 5) is 12.0. The molecule has 0 aliphatic rings. The lowest BCUT2D eigenvalue weighted by molar-refractivity contribution is -0.123. The minimum Gasteiger partial charge on any atom is -0.493 e. The highest BCUT2D eigenvalue weighted by molar-refractivity contribution is 9.10. The molecule has 0 atom stereocenters. The molecule has 32 heavy (non-hydrogen) atoms. The van der Waals surface area contributed by atoms with Crippen LogP contribution in [0, 0.1) is 0 Å². The highest BCUT2D eigenvalue weighted by Crippen LogP contribution is 2.36. The summed E-state index contributed by atoms with van der Waals surface area (Å²) in [5.74, 6) is 1.02. The first-order valence-corrected chi connectivity index (χ1v) is 10.9. The number of carbonyl (C=O) groups is 1. The summed E-state index contributed by atoms with van der Waals surface area (Å²) in [6.07, 6.45) is 1.49. The van der Waals surface area contributed by atoms with Crippen molar-refractivity contribution in [3.05, 3.63) is 86.3 Å². The summed E-state index contributed by atoms with van der Waals surface area (Å²) >= 11 is 15.3. The van der Waals surface area contributed by atoms with Gasteiger partial charge in [0.25, 0.3) is 5.91 Å². The smallest absolute Gasteiger partial charge is 0.277 e. The normalized spacial score (nSPS) is 10.8. The molecule has 6 nitrogen and oxygen atoms in total. The second kappa shape index (κ2) is 11.8. The van der Waals surface area contributed by atoms with Gasteiger partial charge < -0.3 is 14.2 Å².